The van der Waals surface area contributed by atoms with Crippen LogP contribution in [0.1, 0.15) is 90.9 Å². The number of benzene rings is 1. The zero-order chi connectivity index (χ0) is 31.8. The second-order valence-corrected chi connectivity index (χ2v) is 18.8. The van der Waals surface area contributed by atoms with Gasteiger partial charge in [0.05, 0.1) is 0 Å². The fourth-order valence-corrected chi connectivity index (χ4v) is 13.8. The van der Waals surface area contributed by atoms with Gasteiger partial charge in [-0.05, 0) is 0 Å². The topological polar surface area (TPSA) is 105 Å². The number of ether oxygens (including phenoxy) is 2. The van der Waals surface area contributed by atoms with E-state index in [0.29, 0.717) is 49.7 Å². The molecule has 8 bridgehead atoms. The molecular weight excluding hydrogens is 687 g/mol. The Morgan fingerprint density at radius 1 is 0.644 bits per heavy atom. The molecule has 9 rings (SSSR count). The summed E-state index contributed by atoms with van der Waals surface area (Å²) in [5, 5.41) is 0. The molecule has 4 unspecified atom stereocenters. The molecule has 0 N–H and O–H groups in total. The van der Waals surface area contributed by atoms with Gasteiger partial charge in [0.2, 0.25) is 0 Å². The van der Waals surface area contributed by atoms with Crippen LogP contribution in [0.4, 0.5) is 0 Å². The molecule has 8 fully saturated rings. The standard InChI is InChI=1S/C36H43IO8/c1-22(2)29(38)42-35-16-24-10-25(17-35)13-33(12-24,20-35)31(40)44-37(28-8-6-5-7-9-28)45-32(41)34-14-26-11-27(15-34)19-36(18-26,21-34)43-30(39)23(3)4/h5-9,24-27H,1,3,10-21H2,2,4H3. The molecule has 1 aromatic carbocycles. The molecule has 0 amide bonds. The van der Waals surface area contributed by atoms with E-state index in [1.165, 1.54) is 0 Å². The van der Waals surface area contributed by atoms with Gasteiger partial charge in [0.25, 0.3) is 0 Å². The Bertz CT molecular complexity index is 1350. The SMILES string of the molecule is C=C(C)C(=O)OC12CC3CC(C1)CC(C(=O)OI(OC(=O)C14CC5CC(CC(OC(=O)C(=C)C)(C5)C1)C4)c1ccccc1)(C3)C2. The summed E-state index contributed by atoms with van der Waals surface area (Å²) in [5.41, 5.74) is -2.19. The molecule has 8 aliphatic rings. The monoisotopic (exact) mass is 730 g/mol. The van der Waals surface area contributed by atoms with Crippen LogP contribution in [0.5, 0.6) is 0 Å². The number of carbonyl (C=O) groups is 4. The molecule has 0 saturated heterocycles. The van der Waals surface area contributed by atoms with E-state index in [4.69, 9.17) is 15.6 Å². The first-order chi connectivity index (χ1) is 21.3. The molecule has 9 heteroatoms. The van der Waals surface area contributed by atoms with Crippen molar-refractivity contribution >= 4 is 44.5 Å². The summed E-state index contributed by atoms with van der Waals surface area (Å²) in [7, 11) is 0. The molecule has 0 aliphatic heterocycles. The fraction of sp³-hybridized carbons (Fsp3) is 0.611. The molecule has 8 aliphatic carbocycles. The van der Waals surface area contributed by atoms with Crippen LogP contribution in [0.3, 0.4) is 0 Å². The van der Waals surface area contributed by atoms with Crippen molar-refractivity contribution in [3.63, 3.8) is 0 Å². The summed E-state index contributed by atoms with van der Waals surface area (Å²) in [6.07, 6.45) is 8.76. The van der Waals surface area contributed by atoms with E-state index in [2.05, 4.69) is 13.2 Å². The van der Waals surface area contributed by atoms with Gasteiger partial charge in [0.15, 0.2) is 0 Å². The minimum absolute atomic E-state index is 0.281. The fourth-order valence-electron chi connectivity index (χ4n) is 10.6. The molecule has 242 valence electrons. The second kappa shape index (κ2) is 10.9. The first-order valence-electron chi connectivity index (χ1n) is 16.3. The summed E-state index contributed by atoms with van der Waals surface area (Å²) in [6, 6.07) is 9.37. The Labute approximate surface area is 273 Å². The Morgan fingerprint density at radius 2 is 1.02 bits per heavy atom. The van der Waals surface area contributed by atoms with Crippen molar-refractivity contribution in [2.45, 2.75) is 102 Å². The molecule has 0 radical (unpaired) electrons. The van der Waals surface area contributed by atoms with Gasteiger partial charge in [-0.1, -0.05) is 0 Å². The Hall–Kier alpha value is -2.69. The molecule has 4 atom stereocenters. The third-order valence-corrected chi connectivity index (χ3v) is 14.7. The average Bonchev–Trinajstić information content (AvgIpc) is 2.95. The number of esters is 2. The number of halogens is 1. The van der Waals surface area contributed by atoms with E-state index in [1.54, 1.807) is 13.8 Å². The molecule has 0 aromatic heterocycles. The van der Waals surface area contributed by atoms with Gasteiger partial charge in [0, 0.05) is 0 Å². The van der Waals surface area contributed by atoms with E-state index < -0.39 is 54.6 Å². The van der Waals surface area contributed by atoms with Crippen LogP contribution >= 0.6 is 20.6 Å². The molecule has 0 heterocycles. The summed E-state index contributed by atoms with van der Waals surface area (Å²) >= 11 is -3.28. The van der Waals surface area contributed by atoms with Gasteiger partial charge in [0.1, 0.15) is 0 Å². The third kappa shape index (κ3) is 5.54. The number of rotatable bonds is 9. The molecule has 45 heavy (non-hydrogen) atoms. The maximum atomic E-state index is 14.3. The Morgan fingerprint density at radius 3 is 1.38 bits per heavy atom. The Kier molecular flexibility index (Phi) is 7.53. The van der Waals surface area contributed by atoms with Crippen molar-refractivity contribution < 1.29 is 34.8 Å². The van der Waals surface area contributed by atoms with Crippen LogP contribution in [0.15, 0.2) is 54.6 Å². The maximum absolute atomic E-state index is 14.3. The van der Waals surface area contributed by atoms with Crippen molar-refractivity contribution in [3.05, 3.63) is 58.2 Å². The van der Waals surface area contributed by atoms with Crippen LogP contribution in [-0.2, 0) is 34.8 Å². The van der Waals surface area contributed by atoms with Crippen LogP contribution in [0.25, 0.3) is 0 Å². The van der Waals surface area contributed by atoms with Gasteiger partial charge in [-0.25, -0.2) is 0 Å². The number of hydrogen-bond donors (Lipinski definition) is 0. The summed E-state index contributed by atoms with van der Waals surface area (Å²) < 4.78 is 25.7. The normalized spacial score (nSPS) is 38.7. The van der Waals surface area contributed by atoms with Gasteiger partial charge < -0.3 is 0 Å². The van der Waals surface area contributed by atoms with Crippen LogP contribution in [-0.4, -0.2) is 35.1 Å². The van der Waals surface area contributed by atoms with Crippen LogP contribution in [0.2, 0.25) is 0 Å². The predicted molar refractivity (Wildman–Crippen MR) is 173 cm³/mol. The zero-order valence-corrected chi connectivity index (χ0v) is 28.4. The van der Waals surface area contributed by atoms with Gasteiger partial charge in [-0.3, -0.25) is 0 Å². The molecular formula is C36H43IO8. The van der Waals surface area contributed by atoms with E-state index >= 15 is 0 Å². The average molecular weight is 731 g/mol. The van der Waals surface area contributed by atoms with Crippen molar-refractivity contribution in [2.75, 3.05) is 0 Å². The summed E-state index contributed by atoms with van der Waals surface area (Å²) in [4.78, 5) is 53.9. The van der Waals surface area contributed by atoms with Crippen molar-refractivity contribution in [3.8, 4) is 0 Å². The van der Waals surface area contributed by atoms with E-state index in [9.17, 15) is 19.2 Å². The molecule has 8 nitrogen and oxygen atoms in total. The van der Waals surface area contributed by atoms with Crippen molar-refractivity contribution in [1.82, 2.24) is 0 Å². The predicted octanol–water partition coefficient (Wildman–Crippen LogP) is 7.20. The third-order valence-electron chi connectivity index (χ3n) is 11.4. The quantitative estimate of drug-likeness (QED) is 0.149. The van der Waals surface area contributed by atoms with Gasteiger partial charge in [-0.2, -0.15) is 0 Å². The molecule has 8 saturated carbocycles. The van der Waals surface area contributed by atoms with Gasteiger partial charge >= 0.3 is 274 Å². The Balaban J connectivity index is 1.13. The number of carbonyl (C=O) groups excluding carboxylic acids is 4. The van der Waals surface area contributed by atoms with E-state index in [1.807, 2.05) is 30.3 Å². The molecule has 1 aromatic rings. The zero-order valence-electron chi connectivity index (χ0n) is 26.2. The van der Waals surface area contributed by atoms with Gasteiger partial charge in [-0.15, -0.1) is 0 Å². The number of hydrogen-bond acceptors (Lipinski definition) is 8. The molecule has 0 spiro atoms. The van der Waals surface area contributed by atoms with Crippen molar-refractivity contribution in [1.29, 1.82) is 0 Å². The first-order valence-corrected chi connectivity index (χ1v) is 19.1. The first kappa shape index (κ1) is 30.9. The minimum atomic E-state index is -3.28. The van der Waals surface area contributed by atoms with E-state index in [-0.39, 0.29) is 35.6 Å². The van der Waals surface area contributed by atoms with Crippen molar-refractivity contribution in [2.24, 2.45) is 34.5 Å². The summed E-state index contributed by atoms with van der Waals surface area (Å²) in [6.45, 7) is 10.8. The van der Waals surface area contributed by atoms with E-state index in [0.717, 1.165) is 42.1 Å². The summed E-state index contributed by atoms with van der Waals surface area (Å²) in [5.74, 6) is -0.347. The van der Waals surface area contributed by atoms with Crippen LogP contribution < -0.4 is 0 Å². The van der Waals surface area contributed by atoms with Crippen LogP contribution in [0, 0.1) is 38.1 Å². The second-order valence-electron chi connectivity index (χ2n) is 15.4.